The molecular weight excluding hydrogens is 271 g/mol. The van der Waals surface area contributed by atoms with E-state index in [1.165, 1.54) is 0 Å². The minimum atomic E-state index is -0.448. The van der Waals surface area contributed by atoms with Crippen LogP contribution in [0.5, 0.6) is 0 Å². The predicted molar refractivity (Wildman–Crippen MR) is 51.7 cm³/mol. The largest absolute Gasteiger partial charge is 0.413 e. The quantitative estimate of drug-likeness (QED) is 0.795. The van der Waals surface area contributed by atoms with Crippen LogP contribution in [0.4, 0.5) is 0 Å². The molecule has 0 saturated heterocycles. The van der Waals surface area contributed by atoms with Crippen molar-refractivity contribution < 1.29 is 9.15 Å². The summed E-state index contributed by atoms with van der Waals surface area (Å²) >= 11 is 1.98. The van der Waals surface area contributed by atoms with Gasteiger partial charge in [0.15, 0.2) is 0 Å². The number of hydrogen-bond acceptors (Lipinski definition) is 4. The molecule has 4 nitrogen and oxygen atoms in total. The first-order valence-corrected chi connectivity index (χ1v) is 4.75. The highest BCUT2D eigenvalue weighted by Crippen LogP contribution is 2.26. The number of hydrogen-bond donors (Lipinski definition) is 0. The van der Waals surface area contributed by atoms with Gasteiger partial charge in [0.1, 0.15) is 5.60 Å². The number of rotatable bonds is 3. The lowest BCUT2D eigenvalue weighted by Crippen LogP contribution is -2.23. The van der Waals surface area contributed by atoms with Gasteiger partial charge in [0.2, 0.25) is 5.89 Å². The highest BCUT2D eigenvalue weighted by atomic mass is 127. The predicted octanol–water partition coefficient (Wildman–Crippen LogP) is 1.95. The maximum Gasteiger partial charge on any atom is 0.278 e. The molecule has 0 fully saturated rings. The Hall–Kier alpha value is -0.170. The molecule has 0 spiro atoms. The maximum absolute atomic E-state index is 5.29. The minimum Gasteiger partial charge on any atom is -0.413 e. The lowest BCUT2D eigenvalue weighted by Gasteiger charge is -2.21. The van der Waals surface area contributed by atoms with Crippen LogP contribution in [0.25, 0.3) is 0 Å². The average Bonchev–Trinajstić information content (AvgIpc) is 2.51. The normalized spacial score (nSPS) is 16.0. The second kappa shape index (κ2) is 3.69. The summed E-state index contributed by atoms with van der Waals surface area (Å²) in [6, 6.07) is 0. The molecular formula is C7H11IN2O2. The Morgan fingerprint density at radius 1 is 1.58 bits per heavy atom. The summed E-state index contributed by atoms with van der Waals surface area (Å²) in [7, 11) is 1.64. The minimum absolute atomic E-state index is 0.448. The van der Waals surface area contributed by atoms with Crippen LogP contribution >= 0.6 is 22.6 Å². The molecule has 0 radical (unpaired) electrons. The van der Waals surface area contributed by atoms with E-state index in [1.807, 2.05) is 36.4 Å². The van der Waals surface area contributed by atoms with Gasteiger partial charge in [-0.15, -0.1) is 10.2 Å². The Morgan fingerprint density at radius 3 is 2.58 bits per heavy atom. The molecule has 0 bridgehead atoms. The van der Waals surface area contributed by atoms with Crippen molar-refractivity contribution in [2.24, 2.45) is 0 Å². The van der Waals surface area contributed by atoms with Crippen LogP contribution < -0.4 is 0 Å². The number of ether oxygens (including phenoxy) is 1. The average molecular weight is 282 g/mol. The van der Waals surface area contributed by atoms with Crippen LogP contribution in [0.2, 0.25) is 0 Å². The molecule has 0 saturated carbocycles. The molecule has 1 aromatic rings. The molecule has 0 amide bonds. The summed E-state index contributed by atoms with van der Waals surface area (Å²) in [5, 5.41) is 7.65. The molecule has 1 atom stereocenters. The molecule has 68 valence electrons. The SMILES string of the molecule is CCC(C)(OC)c1nnc(I)o1. The van der Waals surface area contributed by atoms with Crippen molar-refractivity contribution in [2.45, 2.75) is 25.9 Å². The van der Waals surface area contributed by atoms with Crippen LogP contribution in [0, 0.1) is 3.90 Å². The Balaban J connectivity index is 2.94. The van der Waals surface area contributed by atoms with Crippen molar-refractivity contribution in [3.05, 3.63) is 9.79 Å². The zero-order chi connectivity index (χ0) is 9.19. The molecule has 1 rings (SSSR count). The molecule has 0 aliphatic rings. The molecule has 1 aromatic heterocycles. The van der Waals surface area contributed by atoms with Crippen LogP contribution in [-0.4, -0.2) is 17.3 Å². The number of halogens is 1. The second-order valence-electron chi connectivity index (χ2n) is 2.65. The van der Waals surface area contributed by atoms with Gasteiger partial charge in [0.05, 0.1) is 0 Å². The molecule has 1 heterocycles. The van der Waals surface area contributed by atoms with E-state index >= 15 is 0 Å². The first-order chi connectivity index (χ1) is 5.62. The van der Waals surface area contributed by atoms with Crippen molar-refractivity contribution >= 4 is 22.6 Å². The van der Waals surface area contributed by atoms with Gasteiger partial charge in [-0.05, 0) is 13.3 Å². The van der Waals surface area contributed by atoms with Gasteiger partial charge < -0.3 is 9.15 Å². The molecule has 5 heteroatoms. The maximum atomic E-state index is 5.29. The van der Waals surface area contributed by atoms with Crippen molar-refractivity contribution in [3.63, 3.8) is 0 Å². The first kappa shape index (κ1) is 9.91. The summed E-state index contributed by atoms with van der Waals surface area (Å²) in [6.45, 7) is 3.94. The smallest absolute Gasteiger partial charge is 0.278 e. The van der Waals surface area contributed by atoms with E-state index < -0.39 is 5.60 Å². The number of nitrogens with zero attached hydrogens (tertiary/aromatic N) is 2. The van der Waals surface area contributed by atoms with Crippen LogP contribution in [0.15, 0.2) is 4.42 Å². The van der Waals surface area contributed by atoms with Gasteiger partial charge in [-0.1, -0.05) is 6.92 Å². The summed E-state index contributed by atoms with van der Waals surface area (Å²) in [5.74, 6) is 0.539. The van der Waals surface area contributed by atoms with E-state index in [0.29, 0.717) is 9.79 Å². The van der Waals surface area contributed by atoms with Crippen LogP contribution in [0.1, 0.15) is 26.2 Å². The third-order valence-corrected chi connectivity index (χ3v) is 2.41. The third-order valence-electron chi connectivity index (χ3n) is 1.98. The lowest BCUT2D eigenvalue weighted by molar-refractivity contribution is -0.0242. The molecule has 0 N–H and O–H groups in total. The monoisotopic (exact) mass is 282 g/mol. The second-order valence-corrected chi connectivity index (χ2v) is 3.57. The van der Waals surface area contributed by atoms with E-state index in [-0.39, 0.29) is 0 Å². The van der Waals surface area contributed by atoms with Crippen molar-refractivity contribution in [1.82, 2.24) is 10.2 Å². The Bertz CT molecular complexity index is 258. The van der Waals surface area contributed by atoms with Crippen LogP contribution in [-0.2, 0) is 10.3 Å². The van der Waals surface area contributed by atoms with Gasteiger partial charge in [-0.3, -0.25) is 0 Å². The van der Waals surface area contributed by atoms with Gasteiger partial charge in [0.25, 0.3) is 3.90 Å². The summed E-state index contributed by atoms with van der Waals surface area (Å²) in [5.41, 5.74) is -0.448. The molecule has 12 heavy (non-hydrogen) atoms. The first-order valence-electron chi connectivity index (χ1n) is 3.67. The molecule has 0 aliphatic heterocycles. The molecule has 0 aliphatic carbocycles. The van der Waals surface area contributed by atoms with Crippen molar-refractivity contribution in [3.8, 4) is 0 Å². The van der Waals surface area contributed by atoms with Gasteiger partial charge >= 0.3 is 0 Å². The Kier molecular flexibility index (Phi) is 3.05. The van der Waals surface area contributed by atoms with Crippen molar-refractivity contribution in [2.75, 3.05) is 7.11 Å². The fourth-order valence-corrected chi connectivity index (χ4v) is 1.12. The van der Waals surface area contributed by atoms with Gasteiger partial charge in [-0.2, -0.15) is 0 Å². The summed E-state index contributed by atoms with van der Waals surface area (Å²) < 4.78 is 11.1. The van der Waals surface area contributed by atoms with Gasteiger partial charge in [-0.25, -0.2) is 0 Å². The topological polar surface area (TPSA) is 48.2 Å². The van der Waals surface area contributed by atoms with E-state index in [1.54, 1.807) is 7.11 Å². The highest BCUT2D eigenvalue weighted by Gasteiger charge is 2.30. The van der Waals surface area contributed by atoms with Crippen LogP contribution in [0.3, 0.4) is 0 Å². The van der Waals surface area contributed by atoms with E-state index in [9.17, 15) is 0 Å². The number of methoxy groups -OCH3 is 1. The van der Waals surface area contributed by atoms with E-state index in [2.05, 4.69) is 10.2 Å². The summed E-state index contributed by atoms with van der Waals surface area (Å²) in [4.78, 5) is 0. The van der Waals surface area contributed by atoms with E-state index in [0.717, 1.165) is 6.42 Å². The zero-order valence-corrected chi connectivity index (χ0v) is 9.45. The third kappa shape index (κ3) is 1.77. The highest BCUT2D eigenvalue weighted by molar-refractivity contribution is 14.1. The van der Waals surface area contributed by atoms with Gasteiger partial charge in [0, 0.05) is 29.7 Å². The van der Waals surface area contributed by atoms with Crippen molar-refractivity contribution in [1.29, 1.82) is 0 Å². The zero-order valence-electron chi connectivity index (χ0n) is 7.30. The van der Waals surface area contributed by atoms with E-state index in [4.69, 9.17) is 9.15 Å². The molecule has 1 unspecified atom stereocenters. The fraction of sp³-hybridized carbons (Fsp3) is 0.714. The lowest BCUT2D eigenvalue weighted by atomic mass is 10.0. The molecule has 0 aromatic carbocycles. The standard InChI is InChI=1S/C7H11IN2O2/c1-4-7(2,11-3)5-9-10-6(8)12-5/h4H2,1-3H3. The summed E-state index contributed by atoms with van der Waals surface area (Å²) in [6.07, 6.45) is 0.807. The number of aromatic nitrogens is 2. The Labute approximate surface area is 84.8 Å². The Morgan fingerprint density at radius 2 is 2.25 bits per heavy atom. The fourth-order valence-electron chi connectivity index (χ4n) is 0.802.